The summed E-state index contributed by atoms with van der Waals surface area (Å²) in [5, 5.41) is 24.8. The van der Waals surface area contributed by atoms with Gasteiger partial charge < -0.3 is 30.3 Å². The summed E-state index contributed by atoms with van der Waals surface area (Å²) in [7, 11) is 0. The van der Waals surface area contributed by atoms with Gasteiger partial charge in [0.25, 0.3) is 6.02 Å². The summed E-state index contributed by atoms with van der Waals surface area (Å²) < 4.78 is 11.3. The van der Waals surface area contributed by atoms with Gasteiger partial charge in [0.05, 0.1) is 30.5 Å². The first-order valence-corrected chi connectivity index (χ1v) is 11.7. The van der Waals surface area contributed by atoms with Crippen molar-refractivity contribution in [2.75, 3.05) is 13.2 Å². The zero-order chi connectivity index (χ0) is 26.2. The molecular weight excluding hydrogens is 472 g/mol. The molecule has 0 amide bonds. The molecule has 2 aromatic rings. The van der Waals surface area contributed by atoms with Crippen LogP contribution in [0, 0.1) is 26.2 Å². The van der Waals surface area contributed by atoms with Gasteiger partial charge in [-0.3, -0.25) is 4.98 Å². The minimum Gasteiger partial charge on any atom is -0.463 e. The second kappa shape index (κ2) is 12.0. The fourth-order valence-electron chi connectivity index (χ4n) is 3.44. The van der Waals surface area contributed by atoms with Crippen LogP contribution in [0.2, 0.25) is 0 Å². The van der Waals surface area contributed by atoms with Gasteiger partial charge in [-0.25, -0.2) is 15.0 Å². The molecular formula is C27H28N6O4. The van der Waals surface area contributed by atoms with E-state index in [9.17, 15) is 5.11 Å². The van der Waals surface area contributed by atoms with E-state index in [1.807, 2.05) is 50.3 Å². The predicted molar refractivity (Wildman–Crippen MR) is 142 cm³/mol. The molecule has 1 unspecified atom stereocenters. The number of benzene rings is 1. The highest BCUT2D eigenvalue weighted by atomic mass is 16.5. The van der Waals surface area contributed by atoms with Crippen LogP contribution in [0.5, 0.6) is 11.5 Å². The van der Waals surface area contributed by atoms with E-state index >= 15 is 0 Å². The van der Waals surface area contributed by atoms with Gasteiger partial charge in [0, 0.05) is 17.8 Å². The first kappa shape index (κ1) is 25.6. The monoisotopic (exact) mass is 500 g/mol. The Labute approximate surface area is 215 Å². The molecule has 0 radical (unpaired) electrons. The predicted octanol–water partition coefficient (Wildman–Crippen LogP) is 2.64. The van der Waals surface area contributed by atoms with E-state index in [1.54, 1.807) is 18.6 Å². The van der Waals surface area contributed by atoms with E-state index in [0.29, 0.717) is 23.7 Å². The van der Waals surface area contributed by atoms with Gasteiger partial charge in [-0.15, -0.1) is 6.42 Å². The van der Waals surface area contributed by atoms with Crippen molar-refractivity contribution in [2.24, 2.45) is 15.0 Å². The Morgan fingerprint density at radius 2 is 2.24 bits per heavy atom. The van der Waals surface area contributed by atoms with E-state index in [0.717, 1.165) is 28.4 Å². The van der Waals surface area contributed by atoms with Crippen LogP contribution in [-0.2, 0) is 4.74 Å². The summed E-state index contributed by atoms with van der Waals surface area (Å²) in [5.41, 5.74) is 3.89. The number of aromatic nitrogens is 1. The van der Waals surface area contributed by atoms with Crippen molar-refractivity contribution in [3.8, 4) is 23.8 Å². The molecule has 4 rings (SSSR count). The number of nitrogens with one attached hydrogen (secondary N) is 2. The van der Waals surface area contributed by atoms with E-state index in [-0.39, 0.29) is 12.6 Å². The number of hydrogen-bond acceptors (Lipinski definition) is 9. The average molecular weight is 501 g/mol. The zero-order valence-corrected chi connectivity index (χ0v) is 20.5. The van der Waals surface area contributed by atoms with Gasteiger partial charge in [0.15, 0.2) is 0 Å². The molecule has 0 bridgehead atoms. The molecule has 10 heteroatoms. The van der Waals surface area contributed by atoms with Crippen molar-refractivity contribution in [2.45, 2.75) is 32.4 Å². The highest BCUT2D eigenvalue weighted by Crippen LogP contribution is 2.28. The van der Waals surface area contributed by atoms with Crippen LogP contribution in [0.1, 0.15) is 17.7 Å². The summed E-state index contributed by atoms with van der Waals surface area (Å²) in [6.45, 7) is 3.66. The van der Waals surface area contributed by atoms with E-state index in [4.69, 9.17) is 21.0 Å². The minimum absolute atomic E-state index is 0.163. The van der Waals surface area contributed by atoms with Crippen LogP contribution < -0.4 is 15.4 Å². The molecule has 0 saturated carbocycles. The van der Waals surface area contributed by atoms with Gasteiger partial charge in [-0.05, 0) is 61.9 Å². The molecule has 37 heavy (non-hydrogen) atoms. The molecule has 190 valence electrons. The Balaban J connectivity index is 1.40. The molecule has 2 aliphatic heterocycles. The molecule has 4 N–H and O–H groups in total. The normalized spacial score (nSPS) is 20.1. The fourth-order valence-corrected chi connectivity index (χ4v) is 3.44. The SMILES string of the molecule is C#C/C(=C\C=C1/CC(=Nc2ccc(Oc3ccc(C)nc3)c(C)c2)N=CN1)NC1=N[C@@H](C(O)CO)CO1. The third-order valence-electron chi connectivity index (χ3n) is 5.49. The summed E-state index contributed by atoms with van der Waals surface area (Å²) in [4.78, 5) is 17.4. The third-order valence-corrected chi connectivity index (χ3v) is 5.49. The topological polar surface area (TPSA) is 133 Å². The smallest absolute Gasteiger partial charge is 0.290 e. The largest absolute Gasteiger partial charge is 0.463 e. The molecule has 0 saturated heterocycles. The molecule has 0 aliphatic carbocycles. The molecule has 0 fully saturated rings. The van der Waals surface area contributed by atoms with Gasteiger partial charge in [-0.2, -0.15) is 0 Å². The standard InChI is InChI=1S/C27H28N6O4/c1-4-19(32-27-33-23(15-36-27)24(35)14-34)6-7-20-12-26(30-16-29-20)31-21-8-10-25(17(2)11-21)37-22-9-5-18(3)28-13-22/h1,5-11,13,16,23-24,34-35H,12,14-15H2,2-3H3,(H,32,33)(H,29,30,31)/b19-6+,20-7+/t23-,24?/m1/s1. The van der Waals surface area contributed by atoms with Gasteiger partial charge in [0.2, 0.25) is 0 Å². The maximum absolute atomic E-state index is 9.70. The van der Waals surface area contributed by atoms with Crippen LogP contribution in [-0.4, -0.2) is 58.8 Å². The third kappa shape index (κ3) is 7.04. The Kier molecular flexibility index (Phi) is 8.30. The van der Waals surface area contributed by atoms with Crippen LogP contribution in [0.4, 0.5) is 5.69 Å². The lowest BCUT2D eigenvalue weighted by molar-refractivity contribution is 0.0665. The molecule has 0 spiro atoms. The Morgan fingerprint density at radius 1 is 1.38 bits per heavy atom. The Hall–Kier alpha value is -4.46. The van der Waals surface area contributed by atoms with Gasteiger partial charge >= 0.3 is 0 Å². The van der Waals surface area contributed by atoms with Gasteiger partial charge in [0.1, 0.15) is 36.1 Å². The summed E-state index contributed by atoms with van der Waals surface area (Å²) in [5.74, 6) is 4.57. The van der Waals surface area contributed by atoms with Crippen molar-refractivity contribution in [1.82, 2.24) is 15.6 Å². The van der Waals surface area contributed by atoms with Crippen LogP contribution in [0.25, 0.3) is 0 Å². The first-order chi connectivity index (χ1) is 17.9. The minimum atomic E-state index is -0.985. The highest BCUT2D eigenvalue weighted by Gasteiger charge is 2.25. The lowest BCUT2D eigenvalue weighted by Crippen LogP contribution is -2.28. The summed E-state index contributed by atoms with van der Waals surface area (Å²) in [6.07, 6.45) is 11.9. The van der Waals surface area contributed by atoms with E-state index in [1.165, 1.54) is 0 Å². The highest BCUT2D eigenvalue weighted by molar-refractivity contribution is 5.95. The Morgan fingerprint density at radius 3 is 2.97 bits per heavy atom. The number of terminal acetylenes is 1. The lowest BCUT2D eigenvalue weighted by atomic mass is 10.2. The van der Waals surface area contributed by atoms with Crippen molar-refractivity contribution < 1.29 is 19.7 Å². The van der Waals surface area contributed by atoms with Crippen molar-refractivity contribution in [3.63, 3.8) is 0 Å². The quantitative estimate of drug-likeness (QED) is 0.430. The number of amidine groups is 2. The van der Waals surface area contributed by atoms with Crippen molar-refractivity contribution in [3.05, 3.63) is 71.3 Å². The maximum atomic E-state index is 9.70. The van der Waals surface area contributed by atoms with E-state index in [2.05, 4.69) is 36.5 Å². The van der Waals surface area contributed by atoms with Crippen molar-refractivity contribution >= 4 is 23.9 Å². The molecule has 10 nitrogen and oxygen atoms in total. The number of hydrogen-bond donors (Lipinski definition) is 4. The van der Waals surface area contributed by atoms with Gasteiger partial charge in [-0.1, -0.05) is 5.92 Å². The molecule has 1 aromatic heterocycles. The van der Waals surface area contributed by atoms with E-state index < -0.39 is 18.8 Å². The number of aryl methyl sites for hydroxylation is 2. The number of aliphatic imine (C=N–C) groups is 3. The first-order valence-electron chi connectivity index (χ1n) is 11.7. The molecule has 2 atom stereocenters. The van der Waals surface area contributed by atoms with Crippen molar-refractivity contribution in [1.29, 1.82) is 0 Å². The Bertz CT molecular complexity index is 1320. The number of pyridine rings is 1. The second-order valence-corrected chi connectivity index (χ2v) is 8.40. The molecule has 1 aromatic carbocycles. The zero-order valence-electron chi connectivity index (χ0n) is 20.5. The number of aliphatic hydroxyl groups is 2. The summed E-state index contributed by atoms with van der Waals surface area (Å²) >= 11 is 0. The second-order valence-electron chi connectivity index (χ2n) is 8.40. The summed E-state index contributed by atoms with van der Waals surface area (Å²) in [6, 6.07) is 9.14. The number of rotatable bonds is 7. The van der Waals surface area contributed by atoms with Crippen LogP contribution in [0.3, 0.4) is 0 Å². The number of allylic oxidation sites excluding steroid dienone is 3. The number of aliphatic hydroxyl groups excluding tert-OH is 2. The average Bonchev–Trinajstić information content (AvgIpc) is 3.37. The van der Waals surface area contributed by atoms with Crippen LogP contribution in [0.15, 0.2) is 75.1 Å². The maximum Gasteiger partial charge on any atom is 0.290 e. The molecule has 2 aliphatic rings. The van der Waals surface area contributed by atoms with Crippen LogP contribution >= 0.6 is 0 Å². The lowest BCUT2D eigenvalue weighted by Gasteiger charge is -2.13. The molecule has 3 heterocycles. The fraction of sp³-hybridized carbons (Fsp3) is 0.259. The number of nitrogens with zero attached hydrogens (tertiary/aromatic N) is 4. The number of ether oxygens (including phenoxy) is 2.